The molecule has 0 radical (unpaired) electrons. The SMILES string of the molecule is COc1ccc(OCC(C)NC(=O)C(C)(C)C)cc1. The number of carbonyl (C=O) groups excluding carboxylic acids is 1. The van der Waals surface area contributed by atoms with Crippen LogP contribution < -0.4 is 14.8 Å². The van der Waals surface area contributed by atoms with Crippen molar-refractivity contribution in [3.05, 3.63) is 24.3 Å². The van der Waals surface area contributed by atoms with Gasteiger partial charge >= 0.3 is 0 Å². The average molecular weight is 265 g/mol. The van der Waals surface area contributed by atoms with Gasteiger partial charge in [0.2, 0.25) is 5.91 Å². The monoisotopic (exact) mass is 265 g/mol. The molecule has 0 saturated heterocycles. The lowest BCUT2D eigenvalue weighted by Crippen LogP contribution is -2.42. The molecule has 4 nitrogen and oxygen atoms in total. The van der Waals surface area contributed by atoms with Gasteiger partial charge < -0.3 is 14.8 Å². The fourth-order valence-electron chi connectivity index (χ4n) is 1.38. The van der Waals surface area contributed by atoms with E-state index in [-0.39, 0.29) is 17.4 Å². The average Bonchev–Trinajstić information content (AvgIpc) is 2.35. The number of methoxy groups -OCH3 is 1. The lowest BCUT2D eigenvalue weighted by Gasteiger charge is -2.22. The van der Waals surface area contributed by atoms with E-state index in [0.717, 1.165) is 11.5 Å². The van der Waals surface area contributed by atoms with Crippen LogP contribution in [0, 0.1) is 5.41 Å². The van der Waals surface area contributed by atoms with Gasteiger partial charge in [-0.15, -0.1) is 0 Å². The molecular weight excluding hydrogens is 242 g/mol. The molecule has 1 aromatic carbocycles. The second-order valence-electron chi connectivity index (χ2n) is 5.61. The molecule has 0 aliphatic carbocycles. The number of benzene rings is 1. The van der Waals surface area contributed by atoms with Crippen LogP contribution in [-0.4, -0.2) is 25.7 Å². The van der Waals surface area contributed by atoms with Crippen molar-refractivity contribution in [3.63, 3.8) is 0 Å². The Bertz CT molecular complexity index is 406. The van der Waals surface area contributed by atoms with Crippen LogP contribution in [0.5, 0.6) is 11.5 Å². The minimum Gasteiger partial charge on any atom is -0.497 e. The van der Waals surface area contributed by atoms with Crippen molar-refractivity contribution in [3.8, 4) is 11.5 Å². The van der Waals surface area contributed by atoms with E-state index in [9.17, 15) is 4.79 Å². The maximum absolute atomic E-state index is 11.8. The molecule has 1 N–H and O–H groups in total. The molecule has 0 aliphatic rings. The highest BCUT2D eigenvalue weighted by molar-refractivity contribution is 5.81. The Balaban J connectivity index is 2.41. The first kappa shape index (κ1) is 15.3. The van der Waals surface area contributed by atoms with Crippen molar-refractivity contribution < 1.29 is 14.3 Å². The molecule has 1 atom stereocenters. The van der Waals surface area contributed by atoms with E-state index in [1.807, 2.05) is 52.0 Å². The van der Waals surface area contributed by atoms with Crippen LogP contribution in [0.4, 0.5) is 0 Å². The molecule has 0 aliphatic heterocycles. The minimum atomic E-state index is -0.381. The van der Waals surface area contributed by atoms with Crippen LogP contribution in [0.1, 0.15) is 27.7 Å². The summed E-state index contributed by atoms with van der Waals surface area (Å²) in [6, 6.07) is 7.34. The molecule has 4 heteroatoms. The number of rotatable bonds is 5. The third-order valence-corrected chi connectivity index (χ3v) is 2.62. The van der Waals surface area contributed by atoms with Crippen molar-refractivity contribution in [2.24, 2.45) is 5.41 Å². The summed E-state index contributed by atoms with van der Waals surface area (Å²) in [5.74, 6) is 1.58. The molecule has 106 valence electrons. The van der Waals surface area contributed by atoms with E-state index >= 15 is 0 Å². The Kier molecular flexibility index (Phi) is 5.21. The zero-order valence-corrected chi connectivity index (χ0v) is 12.3. The topological polar surface area (TPSA) is 47.6 Å². The van der Waals surface area contributed by atoms with Gasteiger partial charge in [0, 0.05) is 5.41 Å². The van der Waals surface area contributed by atoms with Crippen LogP contribution in [-0.2, 0) is 4.79 Å². The molecule has 0 bridgehead atoms. The van der Waals surface area contributed by atoms with E-state index in [2.05, 4.69) is 5.32 Å². The summed E-state index contributed by atoms with van der Waals surface area (Å²) < 4.78 is 10.7. The number of ether oxygens (including phenoxy) is 2. The van der Waals surface area contributed by atoms with Crippen molar-refractivity contribution >= 4 is 5.91 Å². The Hall–Kier alpha value is -1.71. The van der Waals surface area contributed by atoms with Gasteiger partial charge in [-0.1, -0.05) is 20.8 Å². The lowest BCUT2D eigenvalue weighted by atomic mass is 9.95. The van der Waals surface area contributed by atoms with E-state index < -0.39 is 0 Å². The molecule has 0 heterocycles. The quantitative estimate of drug-likeness (QED) is 0.890. The molecular formula is C15H23NO3. The maximum Gasteiger partial charge on any atom is 0.225 e. The van der Waals surface area contributed by atoms with Crippen LogP contribution in [0.25, 0.3) is 0 Å². The van der Waals surface area contributed by atoms with Crippen LogP contribution >= 0.6 is 0 Å². The first-order valence-corrected chi connectivity index (χ1v) is 6.40. The van der Waals surface area contributed by atoms with Gasteiger partial charge in [0.1, 0.15) is 18.1 Å². The first-order valence-electron chi connectivity index (χ1n) is 6.40. The Morgan fingerprint density at radius 2 is 1.74 bits per heavy atom. The molecule has 0 saturated carbocycles. The number of carbonyl (C=O) groups is 1. The third kappa shape index (κ3) is 5.20. The summed E-state index contributed by atoms with van der Waals surface area (Å²) in [6.45, 7) is 8.03. The third-order valence-electron chi connectivity index (χ3n) is 2.62. The number of hydrogen-bond donors (Lipinski definition) is 1. The standard InChI is InChI=1S/C15H23NO3/c1-11(16-14(17)15(2,3)4)10-19-13-8-6-12(18-5)7-9-13/h6-9,11H,10H2,1-5H3,(H,16,17). The lowest BCUT2D eigenvalue weighted by molar-refractivity contribution is -0.129. The van der Waals surface area contributed by atoms with Gasteiger partial charge in [-0.25, -0.2) is 0 Å². The highest BCUT2D eigenvalue weighted by atomic mass is 16.5. The van der Waals surface area contributed by atoms with Gasteiger partial charge in [0.05, 0.1) is 13.2 Å². The van der Waals surface area contributed by atoms with E-state index in [4.69, 9.17) is 9.47 Å². The predicted octanol–water partition coefficient (Wildman–Crippen LogP) is 2.62. The Morgan fingerprint density at radius 3 is 2.21 bits per heavy atom. The predicted molar refractivity (Wildman–Crippen MR) is 75.5 cm³/mol. The Labute approximate surface area is 115 Å². The summed E-state index contributed by atoms with van der Waals surface area (Å²) in [7, 11) is 1.62. The number of nitrogens with one attached hydrogen (secondary N) is 1. The number of amides is 1. The first-order chi connectivity index (χ1) is 8.82. The van der Waals surface area contributed by atoms with E-state index in [1.165, 1.54) is 0 Å². The Morgan fingerprint density at radius 1 is 1.21 bits per heavy atom. The van der Waals surface area contributed by atoms with Crippen LogP contribution in [0.15, 0.2) is 24.3 Å². The highest BCUT2D eigenvalue weighted by Crippen LogP contribution is 2.17. The summed E-state index contributed by atoms with van der Waals surface area (Å²) in [5, 5.41) is 2.92. The summed E-state index contributed by atoms with van der Waals surface area (Å²) in [5.41, 5.74) is -0.381. The highest BCUT2D eigenvalue weighted by Gasteiger charge is 2.22. The largest absolute Gasteiger partial charge is 0.497 e. The molecule has 1 rings (SSSR count). The molecule has 0 fully saturated rings. The summed E-state index contributed by atoms with van der Waals surface area (Å²) in [6.07, 6.45) is 0. The van der Waals surface area contributed by atoms with Crippen LogP contribution in [0.2, 0.25) is 0 Å². The zero-order valence-electron chi connectivity index (χ0n) is 12.3. The molecule has 19 heavy (non-hydrogen) atoms. The normalized spacial score (nSPS) is 12.7. The van der Waals surface area contributed by atoms with Gasteiger partial charge in [-0.2, -0.15) is 0 Å². The van der Waals surface area contributed by atoms with Crippen molar-refractivity contribution in [2.75, 3.05) is 13.7 Å². The van der Waals surface area contributed by atoms with Gasteiger partial charge in [0.25, 0.3) is 0 Å². The zero-order chi connectivity index (χ0) is 14.5. The summed E-state index contributed by atoms with van der Waals surface area (Å²) in [4.78, 5) is 11.8. The molecule has 1 aromatic rings. The molecule has 1 amide bonds. The molecule has 0 aromatic heterocycles. The maximum atomic E-state index is 11.8. The molecule has 0 spiro atoms. The second-order valence-corrected chi connectivity index (χ2v) is 5.61. The molecule has 1 unspecified atom stereocenters. The summed E-state index contributed by atoms with van der Waals surface area (Å²) >= 11 is 0. The number of hydrogen-bond acceptors (Lipinski definition) is 3. The minimum absolute atomic E-state index is 0.0262. The van der Waals surface area contributed by atoms with E-state index in [1.54, 1.807) is 7.11 Å². The van der Waals surface area contributed by atoms with Crippen molar-refractivity contribution in [1.29, 1.82) is 0 Å². The van der Waals surface area contributed by atoms with Crippen LogP contribution in [0.3, 0.4) is 0 Å². The fourth-order valence-corrected chi connectivity index (χ4v) is 1.38. The van der Waals surface area contributed by atoms with Gasteiger partial charge in [0.15, 0.2) is 0 Å². The van der Waals surface area contributed by atoms with Crippen molar-refractivity contribution in [2.45, 2.75) is 33.7 Å². The van der Waals surface area contributed by atoms with Gasteiger partial charge in [-0.3, -0.25) is 4.79 Å². The van der Waals surface area contributed by atoms with Crippen molar-refractivity contribution in [1.82, 2.24) is 5.32 Å². The van der Waals surface area contributed by atoms with E-state index in [0.29, 0.717) is 6.61 Å². The second kappa shape index (κ2) is 6.45. The smallest absolute Gasteiger partial charge is 0.225 e. The van der Waals surface area contributed by atoms with Gasteiger partial charge in [-0.05, 0) is 31.2 Å². The fraction of sp³-hybridized carbons (Fsp3) is 0.533.